The van der Waals surface area contributed by atoms with Crippen LogP contribution in [0, 0.1) is 13.8 Å². The normalized spacial score (nSPS) is 11.1. The molecule has 0 saturated carbocycles. The molecule has 0 aliphatic carbocycles. The zero-order valence-electron chi connectivity index (χ0n) is 18.1. The number of methoxy groups -OCH3 is 1. The largest absolute Gasteiger partial charge is 0.465 e. The van der Waals surface area contributed by atoms with Crippen molar-refractivity contribution >= 4 is 28.7 Å². The Morgan fingerprint density at radius 2 is 1.77 bits per heavy atom. The fourth-order valence-corrected chi connectivity index (χ4v) is 4.00. The molecule has 0 aliphatic rings. The molecular weight excluding hydrogens is 410 g/mol. The molecule has 0 amide bonds. The molecule has 0 fully saturated rings. The van der Waals surface area contributed by atoms with Crippen LogP contribution in [0.2, 0.25) is 5.02 Å². The van der Waals surface area contributed by atoms with Crippen LogP contribution in [0.15, 0.2) is 48.5 Å². The minimum Gasteiger partial charge on any atom is -0.465 e. The topological polar surface area (TPSA) is 57.0 Å². The van der Waals surface area contributed by atoms with Crippen molar-refractivity contribution in [1.29, 1.82) is 0 Å². The number of fused-ring (bicyclic) bond motifs is 1. The van der Waals surface area contributed by atoms with Crippen molar-refractivity contribution in [3.8, 4) is 11.1 Å². The molecule has 0 saturated heterocycles. The highest BCUT2D eigenvalue weighted by atomic mass is 35.5. The van der Waals surface area contributed by atoms with Gasteiger partial charge in [-0.1, -0.05) is 61.0 Å². The van der Waals surface area contributed by atoms with E-state index in [0.717, 1.165) is 51.4 Å². The standard InChI is InChI=1S/C25H24ClN3O2/c1-5-21-28-23-15(2)22(26)16(3)27-24(23)29(21)14-17-10-12-18(13-11-17)19-8-6-7-9-20(19)25(30)31-4/h6-13H,5,14H2,1-4H3. The summed E-state index contributed by atoms with van der Waals surface area (Å²) in [6.07, 6.45) is 0.803. The summed E-state index contributed by atoms with van der Waals surface area (Å²) in [4.78, 5) is 21.6. The number of benzene rings is 2. The van der Waals surface area contributed by atoms with Crippen LogP contribution in [0.1, 0.15) is 39.9 Å². The van der Waals surface area contributed by atoms with Crippen molar-refractivity contribution < 1.29 is 9.53 Å². The zero-order chi connectivity index (χ0) is 22.1. The molecule has 4 rings (SSSR count). The van der Waals surface area contributed by atoms with Gasteiger partial charge in [0, 0.05) is 6.42 Å². The number of imidazole rings is 1. The van der Waals surface area contributed by atoms with Gasteiger partial charge in [-0.15, -0.1) is 0 Å². The minimum absolute atomic E-state index is 0.340. The van der Waals surface area contributed by atoms with Crippen molar-refractivity contribution in [2.75, 3.05) is 7.11 Å². The molecule has 0 aliphatic heterocycles. The van der Waals surface area contributed by atoms with Gasteiger partial charge in [0.25, 0.3) is 0 Å². The number of aryl methyl sites for hydroxylation is 3. The molecule has 0 bridgehead atoms. The quantitative estimate of drug-likeness (QED) is 0.375. The fourth-order valence-electron chi connectivity index (χ4n) is 3.87. The Bertz CT molecular complexity index is 1280. The van der Waals surface area contributed by atoms with E-state index < -0.39 is 0 Å². The minimum atomic E-state index is -0.340. The van der Waals surface area contributed by atoms with Gasteiger partial charge in [-0.05, 0) is 42.2 Å². The maximum atomic E-state index is 12.1. The number of ether oxygens (including phenoxy) is 1. The smallest absolute Gasteiger partial charge is 0.338 e. The second-order valence-electron chi connectivity index (χ2n) is 7.51. The van der Waals surface area contributed by atoms with E-state index in [4.69, 9.17) is 26.3 Å². The molecule has 5 nitrogen and oxygen atoms in total. The van der Waals surface area contributed by atoms with Gasteiger partial charge in [0.05, 0.1) is 29.9 Å². The molecule has 0 N–H and O–H groups in total. The van der Waals surface area contributed by atoms with Crippen LogP contribution in [0.3, 0.4) is 0 Å². The molecule has 4 aromatic rings. The van der Waals surface area contributed by atoms with Gasteiger partial charge in [0.1, 0.15) is 11.3 Å². The van der Waals surface area contributed by atoms with Gasteiger partial charge in [-0.25, -0.2) is 14.8 Å². The molecule has 2 aromatic carbocycles. The van der Waals surface area contributed by atoms with Gasteiger partial charge in [-0.3, -0.25) is 0 Å². The van der Waals surface area contributed by atoms with Gasteiger partial charge in [0.2, 0.25) is 0 Å². The number of carbonyl (C=O) groups is 1. The van der Waals surface area contributed by atoms with Crippen LogP contribution in [-0.4, -0.2) is 27.6 Å². The number of carbonyl (C=O) groups excluding carboxylic acids is 1. The Kier molecular flexibility index (Phi) is 5.79. The van der Waals surface area contributed by atoms with E-state index in [9.17, 15) is 4.79 Å². The molecule has 6 heteroatoms. The highest BCUT2D eigenvalue weighted by Gasteiger charge is 2.17. The van der Waals surface area contributed by atoms with Crippen molar-refractivity contribution in [2.24, 2.45) is 0 Å². The van der Waals surface area contributed by atoms with Crippen LogP contribution in [0.25, 0.3) is 22.3 Å². The van der Waals surface area contributed by atoms with Crippen molar-refractivity contribution in [1.82, 2.24) is 14.5 Å². The molecule has 0 unspecified atom stereocenters. The van der Waals surface area contributed by atoms with Crippen LogP contribution < -0.4 is 0 Å². The number of rotatable bonds is 5. The molecule has 0 spiro atoms. The number of hydrogen-bond acceptors (Lipinski definition) is 4. The summed E-state index contributed by atoms with van der Waals surface area (Å²) >= 11 is 6.40. The third-order valence-corrected chi connectivity index (χ3v) is 6.11. The van der Waals surface area contributed by atoms with Crippen LogP contribution >= 0.6 is 11.6 Å². The first kappa shape index (κ1) is 21.1. The van der Waals surface area contributed by atoms with E-state index in [2.05, 4.69) is 23.6 Å². The Balaban J connectivity index is 1.71. The summed E-state index contributed by atoms with van der Waals surface area (Å²) in [6, 6.07) is 15.7. The van der Waals surface area contributed by atoms with E-state index in [1.54, 1.807) is 6.07 Å². The Morgan fingerprint density at radius 3 is 2.45 bits per heavy atom. The Morgan fingerprint density at radius 1 is 1.06 bits per heavy atom. The SMILES string of the molecule is CCc1nc2c(C)c(Cl)c(C)nc2n1Cc1ccc(-c2ccccc2C(=O)OC)cc1. The maximum absolute atomic E-state index is 12.1. The molecule has 158 valence electrons. The van der Waals surface area contributed by atoms with Crippen LogP contribution in [0.5, 0.6) is 0 Å². The van der Waals surface area contributed by atoms with E-state index in [0.29, 0.717) is 17.1 Å². The van der Waals surface area contributed by atoms with E-state index in [-0.39, 0.29) is 5.97 Å². The summed E-state index contributed by atoms with van der Waals surface area (Å²) in [5.74, 6) is 0.639. The van der Waals surface area contributed by atoms with Crippen LogP contribution in [-0.2, 0) is 17.7 Å². The van der Waals surface area contributed by atoms with E-state index >= 15 is 0 Å². The lowest BCUT2D eigenvalue weighted by Gasteiger charge is -2.11. The third kappa shape index (κ3) is 3.81. The maximum Gasteiger partial charge on any atom is 0.338 e. The summed E-state index contributed by atoms with van der Waals surface area (Å²) in [6.45, 7) is 6.66. The lowest BCUT2D eigenvalue weighted by atomic mass is 9.98. The third-order valence-electron chi connectivity index (χ3n) is 5.55. The Labute approximate surface area is 186 Å². The second kappa shape index (κ2) is 8.52. The summed E-state index contributed by atoms with van der Waals surface area (Å²) < 4.78 is 7.08. The summed E-state index contributed by atoms with van der Waals surface area (Å²) in [7, 11) is 1.40. The number of pyridine rings is 1. The average Bonchev–Trinajstić information content (AvgIpc) is 3.14. The summed E-state index contributed by atoms with van der Waals surface area (Å²) in [5.41, 5.74) is 6.99. The fraction of sp³-hybridized carbons (Fsp3) is 0.240. The number of nitrogens with zero attached hydrogens (tertiary/aromatic N) is 3. The lowest BCUT2D eigenvalue weighted by molar-refractivity contribution is 0.0601. The molecule has 2 heterocycles. The Hall–Kier alpha value is -3.18. The van der Waals surface area contributed by atoms with Crippen molar-refractivity contribution in [3.05, 3.63) is 81.8 Å². The first-order valence-corrected chi connectivity index (χ1v) is 10.6. The van der Waals surface area contributed by atoms with Crippen LogP contribution in [0.4, 0.5) is 0 Å². The van der Waals surface area contributed by atoms with Gasteiger partial charge in [-0.2, -0.15) is 0 Å². The molecular formula is C25H24ClN3O2. The average molecular weight is 434 g/mol. The van der Waals surface area contributed by atoms with Gasteiger partial charge >= 0.3 is 5.97 Å². The van der Waals surface area contributed by atoms with Crippen molar-refractivity contribution in [2.45, 2.75) is 33.7 Å². The monoisotopic (exact) mass is 433 g/mol. The lowest BCUT2D eigenvalue weighted by Crippen LogP contribution is -2.06. The summed E-state index contributed by atoms with van der Waals surface area (Å²) in [5, 5.41) is 0.674. The molecule has 2 aromatic heterocycles. The van der Waals surface area contributed by atoms with Gasteiger partial charge in [0.15, 0.2) is 5.65 Å². The second-order valence-corrected chi connectivity index (χ2v) is 7.89. The predicted molar refractivity (Wildman–Crippen MR) is 124 cm³/mol. The highest BCUT2D eigenvalue weighted by Crippen LogP contribution is 2.29. The van der Waals surface area contributed by atoms with Gasteiger partial charge < -0.3 is 9.30 Å². The zero-order valence-corrected chi connectivity index (χ0v) is 18.8. The highest BCUT2D eigenvalue weighted by molar-refractivity contribution is 6.32. The predicted octanol–water partition coefficient (Wildman–Crippen LogP) is 5.77. The van der Waals surface area contributed by atoms with E-state index in [1.807, 2.05) is 44.2 Å². The first-order chi connectivity index (χ1) is 14.9. The number of hydrogen-bond donors (Lipinski definition) is 0. The molecule has 0 atom stereocenters. The number of halogens is 1. The number of aromatic nitrogens is 3. The number of esters is 1. The van der Waals surface area contributed by atoms with E-state index in [1.165, 1.54) is 7.11 Å². The first-order valence-electron chi connectivity index (χ1n) is 10.2. The molecule has 0 radical (unpaired) electrons. The molecule has 31 heavy (non-hydrogen) atoms. The van der Waals surface area contributed by atoms with Crippen molar-refractivity contribution in [3.63, 3.8) is 0 Å².